The van der Waals surface area contributed by atoms with Gasteiger partial charge in [0.25, 0.3) is 0 Å². The minimum absolute atomic E-state index is 0.425. The first kappa shape index (κ1) is 8.70. The van der Waals surface area contributed by atoms with Crippen LogP contribution in [0.5, 0.6) is 0 Å². The quantitative estimate of drug-likeness (QED) is 0.404. The third-order valence-electron chi connectivity index (χ3n) is 2.03. The van der Waals surface area contributed by atoms with E-state index >= 15 is 0 Å². The second kappa shape index (κ2) is 2.92. The lowest BCUT2D eigenvalue weighted by molar-refractivity contribution is 0.305. The Hall–Kier alpha value is -1.39. The van der Waals surface area contributed by atoms with Gasteiger partial charge in [0.15, 0.2) is 0 Å². The van der Waals surface area contributed by atoms with Gasteiger partial charge in [-0.1, -0.05) is 5.16 Å². The summed E-state index contributed by atoms with van der Waals surface area (Å²) in [7, 11) is 0. The first-order valence-electron chi connectivity index (χ1n) is 3.63. The molecule has 1 aromatic rings. The fourth-order valence-corrected chi connectivity index (χ4v) is 0.785. The van der Waals surface area contributed by atoms with Crippen LogP contribution in [0.4, 0.5) is 0 Å². The summed E-state index contributed by atoms with van der Waals surface area (Å²) >= 11 is 0. The Bertz CT molecular complexity index is 276. The van der Waals surface area contributed by atoms with Crippen LogP contribution in [0.15, 0.2) is 17.8 Å². The van der Waals surface area contributed by atoms with E-state index in [9.17, 15) is 0 Å². The normalized spacial score (nSPS) is 13.4. The maximum atomic E-state index is 8.60. The van der Waals surface area contributed by atoms with Gasteiger partial charge in [-0.25, -0.2) is 9.67 Å². The Labute approximate surface area is 70.7 Å². The summed E-state index contributed by atoms with van der Waals surface area (Å²) in [5.41, 5.74) is 0.165. The summed E-state index contributed by atoms with van der Waals surface area (Å²) in [6.07, 6.45) is 3.04. The van der Waals surface area contributed by atoms with Crippen LogP contribution in [-0.2, 0) is 5.54 Å². The van der Waals surface area contributed by atoms with Crippen molar-refractivity contribution in [3.05, 3.63) is 12.7 Å². The Morgan fingerprint density at radius 1 is 1.58 bits per heavy atom. The number of rotatable bonds is 2. The molecule has 0 atom stereocenters. The molecule has 1 N–H and O–H groups in total. The molecule has 0 spiro atoms. The molecule has 1 heterocycles. The molecule has 0 saturated heterocycles. The van der Waals surface area contributed by atoms with Crippen molar-refractivity contribution in [3.63, 3.8) is 0 Å². The smallest absolute Gasteiger partial charge is 0.137 e. The highest BCUT2D eigenvalue weighted by Crippen LogP contribution is 2.14. The highest BCUT2D eigenvalue weighted by Gasteiger charge is 2.24. The Morgan fingerprint density at radius 2 is 2.25 bits per heavy atom. The molecule has 0 unspecified atom stereocenters. The van der Waals surface area contributed by atoms with Gasteiger partial charge in [0.2, 0.25) is 0 Å². The summed E-state index contributed by atoms with van der Waals surface area (Å²) in [5.74, 6) is 0. The molecule has 0 aliphatic heterocycles. The lowest BCUT2D eigenvalue weighted by Gasteiger charge is -2.23. The second-order valence-electron chi connectivity index (χ2n) is 3.08. The predicted octanol–water partition coefficient (Wildman–Crippen LogP) is 0.863. The molecule has 0 saturated carbocycles. The summed E-state index contributed by atoms with van der Waals surface area (Å²) in [6.45, 7) is 5.54. The molecule has 0 bridgehead atoms. The van der Waals surface area contributed by atoms with Gasteiger partial charge in [0, 0.05) is 0 Å². The van der Waals surface area contributed by atoms with Gasteiger partial charge >= 0.3 is 0 Å². The lowest BCUT2D eigenvalue weighted by Crippen LogP contribution is -2.34. The van der Waals surface area contributed by atoms with E-state index in [1.807, 2.05) is 13.8 Å². The minimum atomic E-state index is -0.425. The van der Waals surface area contributed by atoms with E-state index in [-0.39, 0.29) is 0 Å². The van der Waals surface area contributed by atoms with Crippen LogP contribution in [0.25, 0.3) is 0 Å². The molecule has 0 amide bonds. The summed E-state index contributed by atoms with van der Waals surface area (Å²) in [6, 6.07) is 0. The number of aromatic nitrogens is 3. The molecular formula is C7H12N4O. The van der Waals surface area contributed by atoms with E-state index in [2.05, 4.69) is 15.2 Å². The van der Waals surface area contributed by atoms with Crippen molar-refractivity contribution in [1.29, 1.82) is 0 Å². The molecule has 0 fully saturated rings. The second-order valence-corrected chi connectivity index (χ2v) is 3.08. The number of hydrogen-bond donors (Lipinski definition) is 1. The highest BCUT2D eigenvalue weighted by molar-refractivity contribution is 5.88. The SMILES string of the molecule is CC(=NO)C(C)(C)n1cncn1. The average Bonchev–Trinajstić information content (AvgIpc) is 2.55. The summed E-state index contributed by atoms with van der Waals surface area (Å²) < 4.78 is 1.64. The van der Waals surface area contributed by atoms with Crippen molar-refractivity contribution in [2.75, 3.05) is 0 Å². The summed E-state index contributed by atoms with van der Waals surface area (Å²) in [4.78, 5) is 3.82. The Balaban J connectivity index is 3.02. The van der Waals surface area contributed by atoms with E-state index in [0.29, 0.717) is 5.71 Å². The first-order chi connectivity index (χ1) is 5.59. The topological polar surface area (TPSA) is 63.3 Å². The molecular weight excluding hydrogens is 156 g/mol. The zero-order chi connectivity index (χ0) is 9.19. The van der Waals surface area contributed by atoms with Gasteiger partial charge in [-0.15, -0.1) is 0 Å². The fraction of sp³-hybridized carbons (Fsp3) is 0.571. The minimum Gasteiger partial charge on any atom is -0.411 e. The van der Waals surface area contributed by atoms with Gasteiger partial charge < -0.3 is 5.21 Å². The lowest BCUT2D eigenvalue weighted by atomic mass is 10.0. The first-order valence-corrected chi connectivity index (χ1v) is 3.63. The molecule has 5 heteroatoms. The van der Waals surface area contributed by atoms with Crippen LogP contribution >= 0.6 is 0 Å². The van der Waals surface area contributed by atoms with Gasteiger partial charge in [0.1, 0.15) is 12.7 Å². The molecule has 1 rings (SSSR count). The monoisotopic (exact) mass is 168 g/mol. The number of nitrogens with zero attached hydrogens (tertiary/aromatic N) is 4. The van der Waals surface area contributed by atoms with Crippen LogP contribution in [-0.4, -0.2) is 25.7 Å². The van der Waals surface area contributed by atoms with Crippen molar-refractivity contribution in [2.45, 2.75) is 26.3 Å². The third kappa shape index (κ3) is 1.30. The third-order valence-corrected chi connectivity index (χ3v) is 2.03. The van der Waals surface area contributed by atoms with Gasteiger partial charge in [-0.2, -0.15) is 5.10 Å². The number of oxime groups is 1. The van der Waals surface area contributed by atoms with Crippen LogP contribution in [0.3, 0.4) is 0 Å². The zero-order valence-corrected chi connectivity index (χ0v) is 7.39. The Morgan fingerprint density at radius 3 is 2.67 bits per heavy atom. The Kier molecular flexibility index (Phi) is 2.12. The van der Waals surface area contributed by atoms with Gasteiger partial charge in [-0.05, 0) is 20.8 Å². The molecule has 0 aromatic carbocycles. The molecule has 66 valence electrons. The van der Waals surface area contributed by atoms with E-state index < -0.39 is 5.54 Å². The summed E-state index contributed by atoms with van der Waals surface area (Å²) in [5, 5.41) is 15.7. The number of hydrogen-bond acceptors (Lipinski definition) is 4. The van der Waals surface area contributed by atoms with Crippen LogP contribution in [0.2, 0.25) is 0 Å². The van der Waals surface area contributed by atoms with Crippen LogP contribution in [0, 0.1) is 0 Å². The highest BCUT2D eigenvalue weighted by atomic mass is 16.4. The van der Waals surface area contributed by atoms with E-state index in [1.54, 1.807) is 17.9 Å². The maximum absolute atomic E-state index is 8.60. The van der Waals surface area contributed by atoms with Crippen molar-refractivity contribution >= 4 is 5.71 Å². The molecule has 1 aromatic heterocycles. The van der Waals surface area contributed by atoms with Crippen LogP contribution < -0.4 is 0 Å². The fourth-order valence-electron chi connectivity index (χ4n) is 0.785. The van der Waals surface area contributed by atoms with E-state index in [0.717, 1.165) is 0 Å². The van der Waals surface area contributed by atoms with Crippen molar-refractivity contribution in [3.8, 4) is 0 Å². The van der Waals surface area contributed by atoms with Gasteiger partial charge in [0.05, 0.1) is 11.3 Å². The maximum Gasteiger partial charge on any atom is 0.137 e. The molecule has 0 aliphatic rings. The van der Waals surface area contributed by atoms with Gasteiger partial charge in [-0.3, -0.25) is 0 Å². The molecule has 0 radical (unpaired) electrons. The standard InChI is InChI=1S/C7H12N4O/c1-6(10-12)7(2,3)11-5-8-4-9-11/h4-5,12H,1-3H3. The van der Waals surface area contributed by atoms with Crippen molar-refractivity contribution in [1.82, 2.24) is 14.8 Å². The van der Waals surface area contributed by atoms with Crippen LogP contribution in [0.1, 0.15) is 20.8 Å². The van der Waals surface area contributed by atoms with E-state index in [4.69, 9.17) is 5.21 Å². The zero-order valence-electron chi connectivity index (χ0n) is 7.39. The molecule has 5 nitrogen and oxygen atoms in total. The van der Waals surface area contributed by atoms with Crippen molar-refractivity contribution in [2.24, 2.45) is 5.16 Å². The predicted molar refractivity (Wildman–Crippen MR) is 44.2 cm³/mol. The largest absolute Gasteiger partial charge is 0.411 e. The van der Waals surface area contributed by atoms with E-state index in [1.165, 1.54) is 6.33 Å². The van der Waals surface area contributed by atoms with Crippen molar-refractivity contribution < 1.29 is 5.21 Å². The average molecular weight is 168 g/mol. The molecule has 0 aliphatic carbocycles. The molecule has 12 heavy (non-hydrogen) atoms.